The van der Waals surface area contributed by atoms with Crippen molar-refractivity contribution in [3.8, 4) is 6.07 Å². The van der Waals surface area contributed by atoms with Crippen LogP contribution in [0.25, 0.3) is 10.9 Å². The van der Waals surface area contributed by atoms with E-state index < -0.39 is 5.97 Å². The van der Waals surface area contributed by atoms with E-state index in [4.69, 9.17) is 10.00 Å². The molecule has 0 spiro atoms. The highest BCUT2D eigenvalue weighted by Crippen LogP contribution is 2.07. The van der Waals surface area contributed by atoms with E-state index in [1.54, 1.807) is 13.0 Å². The van der Waals surface area contributed by atoms with Gasteiger partial charge in [-0.15, -0.1) is 0 Å². The molecular formula is C16H15N3O2. The molecule has 0 unspecified atom stereocenters. The quantitative estimate of drug-likeness (QED) is 0.491. The van der Waals surface area contributed by atoms with Crippen LogP contribution in [-0.4, -0.2) is 17.1 Å². The Balaban J connectivity index is 2.54. The molecule has 1 aromatic heterocycles. The van der Waals surface area contributed by atoms with Crippen molar-refractivity contribution in [2.75, 3.05) is 6.61 Å². The number of fused-ring (bicyclic) bond motifs is 1. The van der Waals surface area contributed by atoms with Gasteiger partial charge in [-0.05, 0) is 19.1 Å². The fourth-order valence-corrected chi connectivity index (χ4v) is 1.93. The predicted octanol–water partition coefficient (Wildman–Crippen LogP) is 2.05. The van der Waals surface area contributed by atoms with Gasteiger partial charge in [-0.3, -0.25) is 4.99 Å². The molecule has 1 heterocycles. The van der Waals surface area contributed by atoms with Gasteiger partial charge < -0.3 is 9.30 Å². The predicted molar refractivity (Wildman–Crippen MR) is 78.8 cm³/mol. The zero-order valence-corrected chi connectivity index (χ0v) is 11.9. The van der Waals surface area contributed by atoms with E-state index >= 15 is 0 Å². The first-order chi connectivity index (χ1) is 10.2. The van der Waals surface area contributed by atoms with E-state index in [0.29, 0.717) is 5.36 Å². The monoisotopic (exact) mass is 281 g/mol. The summed E-state index contributed by atoms with van der Waals surface area (Å²) in [5, 5.41) is 10.6. The summed E-state index contributed by atoms with van der Waals surface area (Å²) in [7, 11) is 1.95. The number of pyridine rings is 1. The molecule has 21 heavy (non-hydrogen) atoms. The molecule has 0 saturated carbocycles. The lowest BCUT2D eigenvalue weighted by Crippen LogP contribution is -2.08. The number of carbonyl (C=O) groups excluding carboxylic acids is 1. The molecule has 2 rings (SSSR count). The smallest absolute Gasteiger partial charge is 0.350 e. The van der Waals surface area contributed by atoms with Crippen molar-refractivity contribution < 1.29 is 9.53 Å². The van der Waals surface area contributed by atoms with E-state index in [9.17, 15) is 4.79 Å². The minimum atomic E-state index is -0.658. The Kier molecular flexibility index (Phi) is 4.52. The summed E-state index contributed by atoms with van der Waals surface area (Å²) in [6.07, 6.45) is 3.13. The third-order valence-electron chi connectivity index (χ3n) is 2.96. The molecule has 0 aliphatic heterocycles. The molecule has 0 fully saturated rings. The number of carbonyl (C=O) groups is 1. The van der Waals surface area contributed by atoms with Crippen LogP contribution in [0, 0.1) is 11.3 Å². The summed E-state index contributed by atoms with van der Waals surface area (Å²) in [6, 6.07) is 11.4. The third-order valence-corrected chi connectivity index (χ3v) is 2.96. The summed E-state index contributed by atoms with van der Waals surface area (Å²) in [5.41, 5.74) is 0.899. The molecular weight excluding hydrogens is 266 g/mol. The third kappa shape index (κ3) is 3.18. The highest BCUT2D eigenvalue weighted by atomic mass is 16.5. The van der Waals surface area contributed by atoms with Crippen molar-refractivity contribution in [3.05, 3.63) is 53.7 Å². The standard InChI is InChI=1S/C16H15N3O2/c1-3-21-16(20)12(10-17)11-18-14-8-9-19(2)15-7-5-4-6-13(14)15/h4-9,11H,3H2,1-2H3/b12-11-,18-14?. The van der Waals surface area contributed by atoms with Crippen LogP contribution in [0.3, 0.4) is 0 Å². The first-order valence-corrected chi connectivity index (χ1v) is 6.53. The van der Waals surface area contributed by atoms with Gasteiger partial charge in [0.25, 0.3) is 0 Å². The minimum Gasteiger partial charge on any atom is -0.462 e. The van der Waals surface area contributed by atoms with Crippen LogP contribution in [0.4, 0.5) is 0 Å². The topological polar surface area (TPSA) is 67.4 Å². The fourth-order valence-electron chi connectivity index (χ4n) is 1.93. The number of hydrogen-bond acceptors (Lipinski definition) is 4. The molecule has 106 valence electrons. The van der Waals surface area contributed by atoms with Crippen molar-refractivity contribution in [2.45, 2.75) is 6.92 Å². The second kappa shape index (κ2) is 6.53. The van der Waals surface area contributed by atoms with E-state index in [0.717, 1.165) is 10.9 Å². The number of nitriles is 1. The van der Waals surface area contributed by atoms with Crippen molar-refractivity contribution in [2.24, 2.45) is 12.0 Å². The van der Waals surface area contributed by atoms with Gasteiger partial charge in [0.15, 0.2) is 5.57 Å². The molecule has 0 saturated heterocycles. The Morgan fingerprint density at radius 2 is 2.19 bits per heavy atom. The van der Waals surface area contributed by atoms with Gasteiger partial charge in [0, 0.05) is 24.1 Å². The number of nitrogens with zero attached hydrogens (tertiary/aromatic N) is 3. The van der Waals surface area contributed by atoms with Gasteiger partial charge in [-0.2, -0.15) is 5.26 Å². The van der Waals surface area contributed by atoms with Crippen molar-refractivity contribution >= 4 is 16.9 Å². The summed E-state index contributed by atoms with van der Waals surface area (Å²) < 4.78 is 6.78. The van der Waals surface area contributed by atoms with E-state index in [1.807, 2.05) is 48.1 Å². The van der Waals surface area contributed by atoms with E-state index in [2.05, 4.69) is 4.99 Å². The number of esters is 1. The summed E-state index contributed by atoms with van der Waals surface area (Å²) >= 11 is 0. The van der Waals surface area contributed by atoms with Crippen molar-refractivity contribution in [1.82, 2.24) is 4.57 Å². The maximum absolute atomic E-state index is 11.5. The average molecular weight is 281 g/mol. The Hall–Kier alpha value is -2.87. The summed E-state index contributed by atoms with van der Waals surface area (Å²) in [6.45, 7) is 1.91. The van der Waals surface area contributed by atoms with Crippen LogP contribution in [0.1, 0.15) is 6.92 Å². The number of hydrogen-bond donors (Lipinski definition) is 0. The fraction of sp³-hybridized carbons (Fsp3) is 0.188. The molecule has 5 nitrogen and oxygen atoms in total. The lowest BCUT2D eigenvalue weighted by Gasteiger charge is -2.04. The zero-order valence-electron chi connectivity index (χ0n) is 11.9. The normalized spacial score (nSPS) is 12.2. The molecule has 5 heteroatoms. The van der Waals surface area contributed by atoms with Crippen LogP contribution in [-0.2, 0) is 16.6 Å². The van der Waals surface area contributed by atoms with Crippen molar-refractivity contribution in [3.63, 3.8) is 0 Å². The average Bonchev–Trinajstić information content (AvgIpc) is 2.50. The van der Waals surface area contributed by atoms with E-state index in [1.165, 1.54) is 6.20 Å². The SMILES string of the molecule is CCOC(=O)/C(C#N)=C\N=c1ccn(C)c2ccccc12. The number of aryl methyl sites for hydroxylation is 1. The van der Waals surface area contributed by atoms with Gasteiger partial charge in [-0.25, -0.2) is 4.79 Å². The Morgan fingerprint density at radius 1 is 1.43 bits per heavy atom. The lowest BCUT2D eigenvalue weighted by molar-refractivity contribution is -0.138. The van der Waals surface area contributed by atoms with Crippen LogP contribution < -0.4 is 5.36 Å². The van der Waals surface area contributed by atoms with Gasteiger partial charge in [0.1, 0.15) is 6.07 Å². The Bertz CT molecular complexity index is 810. The highest BCUT2D eigenvalue weighted by Gasteiger charge is 2.08. The molecule has 0 atom stereocenters. The molecule has 0 aliphatic carbocycles. The Morgan fingerprint density at radius 3 is 2.90 bits per heavy atom. The summed E-state index contributed by atoms with van der Waals surface area (Å²) in [4.78, 5) is 15.8. The molecule has 0 amide bonds. The summed E-state index contributed by atoms with van der Waals surface area (Å²) in [5.74, 6) is -0.658. The Labute approximate surface area is 122 Å². The highest BCUT2D eigenvalue weighted by molar-refractivity contribution is 5.92. The number of ether oxygens (including phenoxy) is 1. The maximum atomic E-state index is 11.5. The lowest BCUT2D eigenvalue weighted by atomic mass is 10.2. The maximum Gasteiger partial charge on any atom is 0.350 e. The van der Waals surface area contributed by atoms with Gasteiger partial charge >= 0.3 is 5.97 Å². The van der Waals surface area contributed by atoms with Crippen LogP contribution in [0.5, 0.6) is 0 Å². The number of benzene rings is 1. The van der Waals surface area contributed by atoms with Crippen LogP contribution in [0.15, 0.2) is 53.3 Å². The van der Waals surface area contributed by atoms with Gasteiger partial charge in [-0.1, -0.05) is 18.2 Å². The molecule has 0 radical (unpaired) electrons. The number of aromatic nitrogens is 1. The van der Waals surface area contributed by atoms with Crippen LogP contribution in [0.2, 0.25) is 0 Å². The second-order valence-electron chi connectivity index (χ2n) is 4.33. The van der Waals surface area contributed by atoms with E-state index in [-0.39, 0.29) is 12.2 Å². The zero-order chi connectivity index (χ0) is 15.2. The molecule has 0 N–H and O–H groups in total. The first-order valence-electron chi connectivity index (χ1n) is 6.53. The largest absolute Gasteiger partial charge is 0.462 e. The molecule has 0 bridgehead atoms. The molecule has 2 aromatic rings. The van der Waals surface area contributed by atoms with Crippen LogP contribution >= 0.6 is 0 Å². The number of rotatable bonds is 3. The molecule has 0 aliphatic rings. The van der Waals surface area contributed by atoms with Gasteiger partial charge in [0.2, 0.25) is 0 Å². The minimum absolute atomic E-state index is 0.117. The molecule has 1 aromatic carbocycles. The first kappa shape index (κ1) is 14.5. The van der Waals surface area contributed by atoms with Gasteiger partial charge in [0.05, 0.1) is 18.2 Å². The van der Waals surface area contributed by atoms with Crippen molar-refractivity contribution in [1.29, 1.82) is 5.26 Å². The second-order valence-corrected chi connectivity index (χ2v) is 4.33. The number of para-hydroxylation sites is 1.